The molecule has 0 aliphatic carbocycles. The Morgan fingerprint density at radius 2 is 1.72 bits per heavy atom. The Hall–Kier alpha value is -2.45. The summed E-state index contributed by atoms with van der Waals surface area (Å²) in [6.45, 7) is 3.35. The molecule has 1 aromatic heterocycles. The fraction of sp³-hybridized carbons (Fsp3) is 0.375. The van der Waals surface area contributed by atoms with Crippen LogP contribution in [0, 0.1) is 0 Å². The van der Waals surface area contributed by atoms with Gasteiger partial charge in [0.15, 0.2) is 5.69 Å². The van der Waals surface area contributed by atoms with E-state index in [1.165, 1.54) is 6.92 Å². The van der Waals surface area contributed by atoms with E-state index < -0.39 is 0 Å². The van der Waals surface area contributed by atoms with Crippen molar-refractivity contribution in [3.63, 3.8) is 0 Å². The van der Waals surface area contributed by atoms with E-state index in [4.69, 9.17) is 0 Å². The zero-order valence-corrected chi connectivity index (χ0v) is 14.7. The van der Waals surface area contributed by atoms with Gasteiger partial charge in [-0.3, -0.25) is 9.59 Å². The van der Waals surface area contributed by atoms with E-state index in [1.807, 2.05) is 0 Å². The van der Waals surface area contributed by atoms with Crippen molar-refractivity contribution in [3.05, 3.63) is 36.2 Å². The van der Waals surface area contributed by atoms with Gasteiger partial charge >= 0.3 is 0 Å². The highest BCUT2D eigenvalue weighted by molar-refractivity contribution is 6.02. The molecule has 1 fully saturated rings. The lowest BCUT2D eigenvalue weighted by molar-refractivity contribution is -0.114. The van der Waals surface area contributed by atoms with Crippen LogP contribution in [-0.4, -0.2) is 39.9 Å². The third-order valence-corrected chi connectivity index (χ3v) is 3.89. The molecule has 3 rings (SSSR count). The van der Waals surface area contributed by atoms with Gasteiger partial charge in [0.05, 0.1) is 12.2 Å². The summed E-state index contributed by atoms with van der Waals surface area (Å²) in [5.74, 6) is -0.441. The molecule has 0 radical (unpaired) electrons. The Morgan fingerprint density at radius 1 is 1.12 bits per heavy atom. The Kier molecular flexibility index (Phi) is 6.49. The first kappa shape index (κ1) is 18.9. The van der Waals surface area contributed by atoms with Crippen LogP contribution in [0.4, 0.5) is 11.4 Å². The number of benzene rings is 1. The molecule has 3 N–H and O–H groups in total. The molecule has 1 saturated heterocycles. The molecule has 9 heteroatoms. The lowest BCUT2D eigenvalue weighted by Crippen LogP contribution is -2.29. The molecule has 1 aliphatic heterocycles. The SMILES string of the molecule is CC(=O)Nc1ccc(NC(=O)c2cn(C3CCNCC3)nn2)cc1.Cl. The fourth-order valence-corrected chi connectivity index (χ4v) is 2.67. The number of nitrogens with one attached hydrogen (secondary N) is 3. The van der Waals surface area contributed by atoms with Gasteiger partial charge in [0, 0.05) is 18.3 Å². The van der Waals surface area contributed by atoms with Crippen molar-refractivity contribution in [2.75, 3.05) is 23.7 Å². The van der Waals surface area contributed by atoms with Crippen LogP contribution in [0.25, 0.3) is 0 Å². The highest BCUT2D eigenvalue weighted by Gasteiger charge is 2.18. The maximum Gasteiger partial charge on any atom is 0.277 e. The molecule has 8 nitrogen and oxygen atoms in total. The van der Waals surface area contributed by atoms with E-state index >= 15 is 0 Å². The number of piperidine rings is 1. The first-order valence-corrected chi connectivity index (χ1v) is 7.93. The molecule has 0 atom stereocenters. The normalized spacial score (nSPS) is 14.4. The van der Waals surface area contributed by atoms with Crippen LogP contribution >= 0.6 is 12.4 Å². The second kappa shape index (κ2) is 8.59. The van der Waals surface area contributed by atoms with E-state index in [1.54, 1.807) is 35.1 Å². The van der Waals surface area contributed by atoms with Gasteiger partial charge in [0.25, 0.3) is 5.91 Å². The zero-order chi connectivity index (χ0) is 16.9. The topological polar surface area (TPSA) is 101 Å². The minimum atomic E-state index is -0.303. The summed E-state index contributed by atoms with van der Waals surface area (Å²) in [6, 6.07) is 7.18. The van der Waals surface area contributed by atoms with Crippen molar-refractivity contribution in [2.45, 2.75) is 25.8 Å². The Balaban J connectivity index is 0.00000225. The number of aromatic nitrogens is 3. The average Bonchev–Trinajstić information content (AvgIpc) is 3.07. The van der Waals surface area contributed by atoms with Crippen molar-refractivity contribution in [1.29, 1.82) is 0 Å². The summed E-state index contributed by atoms with van der Waals surface area (Å²) in [5.41, 5.74) is 1.60. The maximum absolute atomic E-state index is 12.3. The summed E-state index contributed by atoms with van der Waals surface area (Å²) in [4.78, 5) is 23.3. The molecule has 25 heavy (non-hydrogen) atoms. The minimum Gasteiger partial charge on any atom is -0.326 e. The lowest BCUT2D eigenvalue weighted by atomic mass is 10.1. The van der Waals surface area contributed by atoms with Crippen LogP contribution in [0.2, 0.25) is 0 Å². The number of hydrogen-bond acceptors (Lipinski definition) is 5. The molecule has 0 saturated carbocycles. The molecule has 1 aliphatic rings. The Morgan fingerprint density at radius 3 is 2.32 bits per heavy atom. The summed E-state index contributed by atoms with van der Waals surface area (Å²) in [6.07, 6.45) is 3.65. The second-order valence-electron chi connectivity index (χ2n) is 5.78. The number of halogens is 1. The quantitative estimate of drug-likeness (QED) is 0.768. The smallest absolute Gasteiger partial charge is 0.277 e. The molecular weight excluding hydrogens is 344 g/mol. The van der Waals surface area contributed by atoms with Gasteiger partial charge in [-0.25, -0.2) is 4.68 Å². The number of hydrogen-bond donors (Lipinski definition) is 3. The summed E-state index contributed by atoms with van der Waals surface area (Å²) < 4.78 is 1.77. The molecule has 0 bridgehead atoms. The van der Waals surface area contributed by atoms with E-state index in [0.717, 1.165) is 25.9 Å². The van der Waals surface area contributed by atoms with Crippen LogP contribution < -0.4 is 16.0 Å². The van der Waals surface area contributed by atoms with Gasteiger partial charge < -0.3 is 16.0 Å². The molecule has 0 spiro atoms. The van der Waals surface area contributed by atoms with E-state index in [0.29, 0.717) is 17.1 Å². The largest absolute Gasteiger partial charge is 0.326 e. The Labute approximate surface area is 151 Å². The van der Waals surface area contributed by atoms with Crippen molar-refractivity contribution in [3.8, 4) is 0 Å². The zero-order valence-electron chi connectivity index (χ0n) is 13.9. The fourth-order valence-electron chi connectivity index (χ4n) is 2.67. The first-order chi connectivity index (χ1) is 11.6. The third-order valence-electron chi connectivity index (χ3n) is 3.89. The number of carbonyl (C=O) groups excluding carboxylic acids is 2. The van der Waals surface area contributed by atoms with Crippen molar-refractivity contribution < 1.29 is 9.59 Å². The monoisotopic (exact) mass is 364 g/mol. The molecule has 1 aromatic carbocycles. The van der Waals surface area contributed by atoms with Gasteiger partial charge in [-0.2, -0.15) is 0 Å². The van der Waals surface area contributed by atoms with Gasteiger partial charge in [0.2, 0.25) is 5.91 Å². The third kappa shape index (κ3) is 5.01. The van der Waals surface area contributed by atoms with Gasteiger partial charge in [-0.1, -0.05) is 5.21 Å². The second-order valence-corrected chi connectivity index (χ2v) is 5.78. The van der Waals surface area contributed by atoms with E-state index in [-0.39, 0.29) is 30.3 Å². The molecule has 2 amide bonds. The first-order valence-electron chi connectivity index (χ1n) is 7.93. The summed E-state index contributed by atoms with van der Waals surface area (Å²) >= 11 is 0. The average molecular weight is 365 g/mol. The number of rotatable bonds is 4. The number of amides is 2. The summed E-state index contributed by atoms with van der Waals surface area (Å²) in [5, 5.41) is 16.8. The lowest BCUT2D eigenvalue weighted by Gasteiger charge is -2.22. The highest BCUT2D eigenvalue weighted by Crippen LogP contribution is 2.18. The predicted molar refractivity (Wildman–Crippen MR) is 97.1 cm³/mol. The van der Waals surface area contributed by atoms with Crippen LogP contribution in [0.15, 0.2) is 30.5 Å². The number of nitrogens with zero attached hydrogens (tertiary/aromatic N) is 3. The summed E-state index contributed by atoms with van der Waals surface area (Å²) in [7, 11) is 0. The van der Waals surface area contributed by atoms with Crippen molar-refractivity contribution >= 4 is 35.6 Å². The number of anilines is 2. The Bertz CT molecular complexity index is 724. The van der Waals surface area contributed by atoms with Crippen LogP contribution in [0.5, 0.6) is 0 Å². The standard InChI is InChI=1S/C16H20N6O2.ClH/c1-11(23)18-12-2-4-13(5-3-12)19-16(24)15-10-22(21-20-15)14-6-8-17-9-7-14;/h2-5,10,14,17H,6-9H2,1H3,(H,18,23)(H,19,24);1H. The van der Waals surface area contributed by atoms with Gasteiger partial charge in [-0.15, -0.1) is 17.5 Å². The molecular formula is C16H21ClN6O2. The van der Waals surface area contributed by atoms with Crippen LogP contribution in [0.3, 0.4) is 0 Å². The molecule has 134 valence electrons. The van der Waals surface area contributed by atoms with Gasteiger partial charge in [-0.05, 0) is 50.2 Å². The van der Waals surface area contributed by atoms with Crippen LogP contribution in [0.1, 0.15) is 36.3 Å². The highest BCUT2D eigenvalue weighted by atomic mass is 35.5. The van der Waals surface area contributed by atoms with Crippen molar-refractivity contribution in [2.24, 2.45) is 0 Å². The molecule has 2 aromatic rings. The molecule has 2 heterocycles. The van der Waals surface area contributed by atoms with Crippen LogP contribution in [-0.2, 0) is 4.79 Å². The van der Waals surface area contributed by atoms with Gasteiger partial charge in [0.1, 0.15) is 0 Å². The van der Waals surface area contributed by atoms with E-state index in [9.17, 15) is 9.59 Å². The minimum absolute atomic E-state index is 0. The molecule has 0 unspecified atom stereocenters. The van der Waals surface area contributed by atoms with E-state index in [2.05, 4.69) is 26.3 Å². The van der Waals surface area contributed by atoms with Crippen molar-refractivity contribution in [1.82, 2.24) is 20.3 Å². The number of carbonyl (C=O) groups is 2. The predicted octanol–water partition coefficient (Wildman–Crippen LogP) is 1.84. The maximum atomic E-state index is 12.3.